The lowest BCUT2D eigenvalue weighted by Gasteiger charge is -2.05. The number of aromatic nitrogens is 2. The third-order valence-corrected chi connectivity index (χ3v) is 2.21. The van der Waals surface area contributed by atoms with E-state index in [0.29, 0.717) is 6.54 Å². The first-order chi connectivity index (χ1) is 8.84. The summed E-state index contributed by atoms with van der Waals surface area (Å²) in [6, 6.07) is 11.6. The molecule has 0 aliphatic heterocycles. The van der Waals surface area contributed by atoms with Gasteiger partial charge in [-0.1, -0.05) is 30.3 Å². The highest BCUT2D eigenvalue weighted by Crippen LogP contribution is 1.98. The molecule has 1 heterocycles. The molecule has 0 spiro atoms. The average molecular weight is 243 g/mol. The van der Waals surface area contributed by atoms with Crippen molar-refractivity contribution < 1.29 is 9.53 Å². The molecule has 0 bridgehead atoms. The van der Waals surface area contributed by atoms with Crippen LogP contribution in [0.3, 0.4) is 0 Å². The summed E-state index contributed by atoms with van der Waals surface area (Å²) in [5.41, 5.74) is 1.04. The Kier molecular flexibility index (Phi) is 4.24. The van der Waals surface area contributed by atoms with Gasteiger partial charge in [0.05, 0.1) is 0 Å². The Labute approximate surface area is 105 Å². The molecule has 2 rings (SSSR count). The number of amides is 1. The minimum atomic E-state index is -0.202. The van der Waals surface area contributed by atoms with Crippen molar-refractivity contribution in [2.45, 2.75) is 6.54 Å². The SMILES string of the molecule is O=C(COc1ncccn1)NCc1ccccc1. The largest absolute Gasteiger partial charge is 0.453 e. The molecular weight excluding hydrogens is 230 g/mol. The number of nitrogens with zero attached hydrogens (tertiary/aromatic N) is 2. The van der Waals surface area contributed by atoms with Crippen LogP contribution in [-0.4, -0.2) is 22.5 Å². The van der Waals surface area contributed by atoms with E-state index < -0.39 is 0 Å². The maximum atomic E-state index is 11.5. The number of ether oxygens (including phenoxy) is 1. The zero-order valence-corrected chi connectivity index (χ0v) is 9.74. The van der Waals surface area contributed by atoms with E-state index in [2.05, 4.69) is 15.3 Å². The maximum absolute atomic E-state index is 11.5. The third-order valence-electron chi connectivity index (χ3n) is 2.21. The van der Waals surface area contributed by atoms with Gasteiger partial charge >= 0.3 is 6.01 Å². The number of benzene rings is 1. The van der Waals surface area contributed by atoms with Crippen LogP contribution < -0.4 is 10.1 Å². The van der Waals surface area contributed by atoms with Crippen LogP contribution in [0.15, 0.2) is 48.8 Å². The Morgan fingerprint density at radius 3 is 2.56 bits per heavy atom. The normalized spacial score (nSPS) is 9.78. The smallest absolute Gasteiger partial charge is 0.316 e. The van der Waals surface area contributed by atoms with Gasteiger partial charge in [0.2, 0.25) is 0 Å². The molecule has 2 aromatic rings. The zero-order chi connectivity index (χ0) is 12.6. The van der Waals surface area contributed by atoms with Crippen molar-refractivity contribution in [1.82, 2.24) is 15.3 Å². The highest BCUT2D eigenvalue weighted by molar-refractivity contribution is 5.77. The fourth-order valence-electron chi connectivity index (χ4n) is 1.34. The Morgan fingerprint density at radius 2 is 1.83 bits per heavy atom. The van der Waals surface area contributed by atoms with Crippen LogP contribution in [0.4, 0.5) is 0 Å². The van der Waals surface area contributed by atoms with Crippen LogP contribution in [0.1, 0.15) is 5.56 Å². The van der Waals surface area contributed by atoms with Gasteiger partial charge < -0.3 is 10.1 Å². The van der Waals surface area contributed by atoms with Gasteiger partial charge in [0, 0.05) is 18.9 Å². The summed E-state index contributed by atoms with van der Waals surface area (Å²) < 4.78 is 5.12. The summed E-state index contributed by atoms with van der Waals surface area (Å²) in [5, 5.41) is 2.75. The molecule has 5 nitrogen and oxygen atoms in total. The molecule has 5 heteroatoms. The lowest BCUT2D eigenvalue weighted by atomic mass is 10.2. The van der Waals surface area contributed by atoms with Gasteiger partial charge in [0.1, 0.15) is 0 Å². The number of hydrogen-bond acceptors (Lipinski definition) is 4. The Morgan fingerprint density at radius 1 is 1.11 bits per heavy atom. The van der Waals surface area contributed by atoms with E-state index in [1.165, 1.54) is 0 Å². The molecule has 0 fully saturated rings. The first-order valence-electron chi connectivity index (χ1n) is 5.55. The van der Waals surface area contributed by atoms with Gasteiger partial charge in [-0.2, -0.15) is 0 Å². The van der Waals surface area contributed by atoms with Crippen molar-refractivity contribution >= 4 is 5.91 Å². The van der Waals surface area contributed by atoms with E-state index in [0.717, 1.165) is 5.56 Å². The molecule has 0 saturated carbocycles. The first-order valence-corrected chi connectivity index (χ1v) is 5.55. The third kappa shape index (κ3) is 3.86. The van der Waals surface area contributed by atoms with E-state index >= 15 is 0 Å². The fraction of sp³-hybridized carbons (Fsp3) is 0.154. The minimum Gasteiger partial charge on any atom is -0.453 e. The predicted molar refractivity (Wildman–Crippen MR) is 65.8 cm³/mol. The van der Waals surface area contributed by atoms with Crippen molar-refractivity contribution in [2.75, 3.05) is 6.61 Å². The Hall–Kier alpha value is -2.43. The number of hydrogen-bond donors (Lipinski definition) is 1. The maximum Gasteiger partial charge on any atom is 0.316 e. The molecule has 0 aliphatic carbocycles. The van der Waals surface area contributed by atoms with E-state index in [1.807, 2.05) is 30.3 Å². The van der Waals surface area contributed by atoms with Gasteiger partial charge in [-0.3, -0.25) is 4.79 Å². The monoisotopic (exact) mass is 243 g/mol. The van der Waals surface area contributed by atoms with E-state index in [-0.39, 0.29) is 18.5 Å². The highest BCUT2D eigenvalue weighted by Gasteiger charge is 2.03. The topological polar surface area (TPSA) is 64.1 Å². The van der Waals surface area contributed by atoms with Crippen molar-refractivity contribution in [1.29, 1.82) is 0 Å². The second kappa shape index (κ2) is 6.34. The second-order valence-electron chi connectivity index (χ2n) is 3.58. The van der Waals surface area contributed by atoms with Crippen LogP contribution in [0.5, 0.6) is 6.01 Å². The van der Waals surface area contributed by atoms with E-state index in [9.17, 15) is 4.79 Å². The number of carbonyl (C=O) groups excluding carboxylic acids is 1. The van der Waals surface area contributed by atoms with Gasteiger partial charge in [-0.15, -0.1) is 0 Å². The first kappa shape index (κ1) is 12.0. The Bertz CT molecular complexity index is 443. The van der Waals surface area contributed by atoms with Crippen LogP contribution in [0.25, 0.3) is 0 Å². The van der Waals surface area contributed by atoms with Crippen molar-refractivity contribution in [3.8, 4) is 6.01 Å². The summed E-state index contributed by atoms with van der Waals surface area (Å²) in [7, 11) is 0. The molecule has 0 atom stereocenters. The number of nitrogens with one attached hydrogen (secondary N) is 1. The Balaban J connectivity index is 1.73. The number of rotatable bonds is 5. The van der Waals surface area contributed by atoms with E-state index in [1.54, 1.807) is 18.5 Å². The summed E-state index contributed by atoms with van der Waals surface area (Å²) >= 11 is 0. The molecule has 0 radical (unpaired) electrons. The summed E-state index contributed by atoms with van der Waals surface area (Å²) in [6.07, 6.45) is 3.12. The zero-order valence-electron chi connectivity index (χ0n) is 9.74. The summed E-state index contributed by atoms with van der Waals surface area (Å²) in [6.45, 7) is 0.398. The minimum absolute atomic E-state index is 0.0865. The molecule has 92 valence electrons. The van der Waals surface area contributed by atoms with Gasteiger partial charge in [0.25, 0.3) is 5.91 Å². The molecule has 0 aliphatic rings. The summed E-state index contributed by atoms with van der Waals surface area (Å²) in [5.74, 6) is -0.202. The molecular formula is C13H13N3O2. The molecule has 0 saturated heterocycles. The van der Waals surface area contributed by atoms with Gasteiger partial charge in [0.15, 0.2) is 6.61 Å². The van der Waals surface area contributed by atoms with Crippen LogP contribution in [-0.2, 0) is 11.3 Å². The lowest BCUT2D eigenvalue weighted by molar-refractivity contribution is -0.123. The fourth-order valence-corrected chi connectivity index (χ4v) is 1.34. The summed E-state index contributed by atoms with van der Waals surface area (Å²) in [4.78, 5) is 19.2. The molecule has 1 aromatic heterocycles. The molecule has 1 N–H and O–H groups in total. The molecule has 1 amide bonds. The molecule has 1 aromatic carbocycles. The predicted octanol–water partition coefficient (Wildman–Crippen LogP) is 1.17. The van der Waals surface area contributed by atoms with Crippen LogP contribution >= 0.6 is 0 Å². The number of carbonyl (C=O) groups is 1. The van der Waals surface area contributed by atoms with Crippen molar-refractivity contribution in [3.63, 3.8) is 0 Å². The van der Waals surface area contributed by atoms with E-state index in [4.69, 9.17) is 4.74 Å². The van der Waals surface area contributed by atoms with Crippen molar-refractivity contribution in [2.24, 2.45) is 0 Å². The van der Waals surface area contributed by atoms with Gasteiger partial charge in [-0.05, 0) is 11.6 Å². The molecule has 0 unspecified atom stereocenters. The average Bonchev–Trinajstić information content (AvgIpc) is 2.45. The lowest BCUT2D eigenvalue weighted by Crippen LogP contribution is -2.28. The quantitative estimate of drug-likeness (QED) is 0.856. The van der Waals surface area contributed by atoms with Crippen LogP contribution in [0.2, 0.25) is 0 Å². The standard InChI is InChI=1S/C13H13N3O2/c17-12(10-18-13-14-7-4-8-15-13)16-9-11-5-2-1-3-6-11/h1-8H,9-10H2,(H,16,17). The van der Waals surface area contributed by atoms with Gasteiger partial charge in [-0.25, -0.2) is 9.97 Å². The van der Waals surface area contributed by atoms with Crippen LogP contribution in [0, 0.1) is 0 Å². The molecule has 18 heavy (non-hydrogen) atoms. The highest BCUT2D eigenvalue weighted by atomic mass is 16.5. The second-order valence-corrected chi connectivity index (χ2v) is 3.58. The van der Waals surface area contributed by atoms with Crippen molar-refractivity contribution in [3.05, 3.63) is 54.4 Å².